The molecule has 1 N–H and O–H groups in total. The van der Waals surface area contributed by atoms with Crippen molar-refractivity contribution in [1.82, 2.24) is 14.5 Å². The minimum atomic E-state index is 0.340. The SMILES string of the molecule is Cn1c(-c2c[nH]c3ccccc23)nc(Br)c1CC#N. The smallest absolute Gasteiger partial charge is 0.143 e. The summed E-state index contributed by atoms with van der Waals surface area (Å²) in [5, 5.41) is 9.99. The van der Waals surface area contributed by atoms with Crippen molar-refractivity contribution in [2.75, 3.05) is 0 Å². The van der Waals surface area contributed by atoms with Gasteiger partial charge < -0.3 is 9.55 Å². The third-order valence-electron chi connectivity index (χ3n) is 3.24. The number of halogens is 1. The number of rotatable bonds is 2. The number of nitriles is 1. The van der Waals surface area contributed by atoms with Crippen LogP contribution in [0, 0.1) is 11.3 Å². The van der Waals surface area contributed by atoms with Crippen molar-refractivity contribution in [3.05, 3.63) is 40.8 Å². The molecule has 0 bridgehead atoms. The number of hydrogen-bond donors (Lipinski definition) is 1. The molecule has 3 rings (SSSR count). The summed E-state index contributed by atoms with van der Waals surface area (Å²) >= 11 is 3.43. The van der Waals surface area contributed by atoms with Crippen LogP contribution in [0.25, 0.3) is 22.3 Å². The minimum absolute atomic E-state index is 0.340. The van der Waals surface area contributed by atoms with Crippen molar-refractivity contribution in [3.63, 3.8) is 0 Å². The Morgan fingerprint density at radius 1 is 1.42 bits per heavy atom. The van der Waals surface area contributed by atoms with Crippen LogP contribution in [-0.4, -0.2) is 14.5 Å². The van der Waals surface area contributed by atoms with Crippen molar-refractivity contribution >= 4 is 26.8 Å². The molecule has 0 unspecified atom stereocenters. The van der Waals surface area contributed by atoms with E-state index in [0.717, 1.165) is 32.6 Å². The van der Waals surface area contributed by atoms with Crippen LogP contribution in [0.4, 0.5) is 0 Å². The van der Waals surface area contributed by atoms with Crippen LogP contribution in [0.3, 0.4) is 0 Å². The third kappa shape index (κ3) is 1.85. The first-order chi connectivity index (χ1) is 9.22. The molecule has 0 saturated carbocycles. The van der Waals surface area contributed by atoms with E-state index in [-0.39, 0.29) is 0 Å². The number of nitrogens with one attached hydrogen (secondary N) is 1. The number of imidazole rings is 1. The lowest BCUT2D eigenvalue weighted by Gasteiger charge is -2.02. The molecule has 19 heavy (non-hydrogen) atoms. The summed E-state index contributed by atoms with van der Waals surface area (Å²) in [5.41, 5.74) is 3.02. The lowest BCUT2D eigenvalue weighted by atomic mass is 10.1. The number of aromatic nitrogens is 3. The molecule has 0 atom stereocenters. The molecular weight excluding hydrogens is 304 g/mol. The molecule has 0 aliphatic heterocycles. The molecule has 1 aromatic carbocycles. The average Bonchev–Trinajstić information content (AvgIpc) is 2.95. The first-order valence-electron chi connectivity index (χ1n) is 5.87. The van der Waals surface area contributed by atoms with Crippen LogP contribution in [0.5, 0.6) is 0 Å². The van der Waals surface area contributed by atoms with E-state index in [1.807, 2.05) is 36.0 Å². The Labute approximate surface area is 118 Å². The van der Waals surface area contributed by atoms with Gasteiger partial charge in [-0.1, -0.05) is 18.2 Å². The molecule has 2 heterocycles. The van der Waals surface area contributed by atoms with Gasteiger partial charge >= 0.3 is 0 Å². The fourth-order valence-electron chi connectivity index (χ4n) is 2.26. The van der Waals surface area contributed by atoms with Gasteiger partial charge in [-0.15, -0.1) is 0 Å². The van der Waals surface area contributed by atoms with Crippen LogP contribution >= 0.6 is 15.9 Å². The number of fused-ring (bicyclic) bond motifs is 1. The highest BCUT2D eigenvalue weighted by atomic mass is 79.9. The predicted molar refractivity (Wildman–Crippen MR) is 77.5 cm³/mol. The van der Waals surface area contributed by atoms with Crippen molar-refractivity contribution in [3.8, 4) is 17.5 Å². The van der Waals surface area contributed by atoms with E-state index in [9.17, 15) is 0 Å². The van der Waals surface area contributed by atoms with Crippen LogP contribution in [0.2, 0.25) is 0 Å². The number of para-hydroxylation sites is 1. The van der Waals surface area contributed by atoms with Gasteiger partial charge in [0.05, 0.1) is 18.2 Å². The largest absolute Gasteiger partial charge is 0.360 e. The molecule has 3 aromatic rings. The first-order valence-corrected chi connectivity index (χ1v) is 6.66. The molecule has 0 amide bonds. The minimum Gasteiger partial charge on any atom is -0.360 e. The summed E-state index contributed by atoms with van der Waals surface area (Å²) < 4.78 is 2.69. The van der Waals surface area contributed by atoms with E-state index in [1.165, 1.54) is 0 Å². The quantitative estimate of drug-likeness (QED) is 0.788. The normalized spacial score (nSPS) is 10.8. The second-order valence-electron chi connectivity index (χ2n) is 4.31. The van der Waals surface area contributed by atoms with E-state index in [4.69, 9.17) is 5.26 Å². The Hall–Kier alpha value is -2.06. The molecule has 94 valence electrons. The Balaban J connectivity index is 2.23. The molecule has 0 radical (unpaired) electrons. The number of nitrogens with zero attached hydrogens (tertiary/aromatic N) is 3. The van der Waals surface area contributed by atoms with E-state index < -0.39 is 0 Å². The highest BCUT2D eigenvalue weighted by Crippen LogP contribution is 2.30. The molecular formula is C14H11BrN4. The first kappa shape index (κ1) is 12.0. The third-order valence-corrected chi connectivity index (χ3v) is 3.88. The van der Waals surface area contributed by atoms with Gasteiger partial charge in [-0.05, 0) is 22.0 Å². The lowest BCUT2D eigenvalue weighted by Crippen LogP contribution is -1.97. The summed E-state index contributed by atoms with van der Waals surface area (Å²) in [4.78, 5) is 7.77. The van der Waals surface area contributed by atoms with Gasteiger partial charge in [-0.2, -0.15) is 5.26 Å². The van der Waals surface area contributed by atoms with Crippen LogP contribution < -0.4 is 0 Å². The maximum absolute atomic E-state index is 8.86. The summed E-state index contributed by atoms with van der Waals surface area (Å²) in [6.45, 7) is 0. The molecule has 0 aliphatic rings. The fraction of sp³-hybridized carbons (Fsp3) is 0.143. The average molecular weight is 315 g/mol. The highest BCUT2D eigenvalue weighted by Gasteiger charge is 2.16. The van der Waals surface area contributed by atoms with Crippen molar-refractivity contribution in [1.29, 1.82) is 5.26 Å². The molecule has 0 spiro atoms. The maximum atomic E-state index is 8.86. The van der Waals surface area contributed by atoms with Crippen molar-refractivity contribution in [2.45, 2.75) is 6.42 Å². The highest BCUT2D eigenvalue weighted by molar-refractivity contribution is 9.10. The molecule has 5 heteroatoms. The van der Waals surface area contributed by atoms with E-state index in [0.29, 0.717) is 6.42 Å². The summed E-state index contributed by atoms with van der Waals surface area (Å²) in [6.07, 6.45) is 2.29. The summed E-state index contributed by atoms with van der Waals surface area (Å²) in [6, 6.07) is 10.3. The van der Waals surface area contributed by atoms with Crippen LogP contribution in [0.1, 0.15) is 5.69 Å². The van der Waals surface area contributed by atoms with Gasteiger partial charge in [0.2, 0.25) is 0 Å². The molecule has 0 aliphatic carbocycles. The van der Waals surface area contributed by atoms with Gasteiger partial charge in [0, 0.05) is 29.7 Å². The zero-order chi connectivity index (χ0) is 13.4. The number of benzene rings is 1. The maximum Gasteiger partial charge on any atom is 0.143 e. The zero-order valence-electron chi connectivity index (χ0n) is 10.3. The Morgan fingerprint density at radius 2 is 2.21 bits per heavy atom. The Bertz CT molecular complexity index is 791. The monoisotopic (exact) mass is 314 g/mol. The topological polar surface area (TPSA) is 57.4 Å². The fourth-order valence-corrected chi connectivity index (χ4v) is 2.84. The summed E-state index contributed by atoms with van der Waals surface area (Å²) in [7, 11) is 1.93. The van der Waals surface area contributed by atoms with Gasteiger partial charge in [0.1, 0.15) is 10.4 Å². The molecule has 4 nitrogen and oxygen atoms in total. The zero-order valence-corrected chi connectivity index (χ0v) is 11.9. The van der Waals surface area contributed by atoms with Crippen LogP contribution in [-0.2, 0) is 13.5 Å². The van der Waals surface area contributed by atoms with Crippen LogP contribution in [0.15, 0.2) is 35.1 Å². The summed E-state index contributed by atoms with van der Waals surface area (Å²) in [5.74, 6) is 0.856. The van der Waals surface area contributed by atoms with Gasteiger partial charge in [0.25, 0.3) is 0 Å². The lowest BCUT2D eigenvalue weighted by molar-refractivity contribution is 0.862. The van der Waals surface area contributed by atoms with Crippen molar-refractivity contribution in [2.24, 2.45) is 7.05 Å². The Kier molecular flexibility index (Phi) is 2.88. The van der Waals surface area contributed by atoms with Gasteiger partial charge in [0.15, 0.2) is 0 Å². The van der Waals surface area contributed by atoms with E-state index in [1.54, 1.807) is 0 Å². The molecule has 0 fully saturated rings. The predicted octanol–water partition coefficient (Wildman–Crippen LogP) is 3.40. The number of H-pyrrole nitrogens is 1. The van der Waals surface area contributed by atoms with Gasteiger partial charge in [-0.25, -0.2) is 4.98 Å². The van der Waals surface area contributed by atoms with Crippen molar-refractivity contribution < 1.29 is 0 Å². The number of hydrogen-bond acceptors (Lipinski definition) is 2. The second-order valence-corrected chi connectivity index (χ2v) is 5.07. The van der Waals surface area contributed by atoms with Gasteiger partial charge in [-0.3, -0.25) is 0 Å². The van der Waals surface area contributed by atoms with E-state index in [2.05, 4.69) is 38.0 Å². The Morgan fingerprint density at radius 3 is 3.00 bits per heavy atom. The standard InChI is InChI=1S/C14H11BrN4/c1-19-12(6-7-16)13(15)18-14(19)10-8-17-11-5-3-2-4-9(10)11/h2-5,8,17H,6H2,1H3. The van der Waals surface area contributed by atoms with E-state index >= 15 is 0 Å². The second kappa shape index (κ2) is 4.56. The molecule has 2 aromatic heterocycles. The molecule has 0 saturated heterocycles. The number of aromatic amines is 1.